The minimum absolute atomic E-state index is 0.000751. The fourth-order valence-electron chi connectivity index (χ4n) is 0.940. The average Bonchev–Trinajstić information content (AvgIpc) is 1.77. The minimum Gasteiger partial charge on any atom is -0.460 e. The van der Waals surface area contributed by atoms with Gasteiger partial charge in [-0.3, -0.25) is 9.59 Å². The predicted molar refractivity (Wildman–Crippen MR) is 51.8 cm³/mol. The van der Waals surface area contributed by atoms with Gasteiger partial charge in [0.2, 0.25) is 0 Å². The zero-order chi connectivity index (χ0) is 11.4. The van der Waals surface area contributed by atoms with E-state index >= 15 is 0 Å². The Morgan fingerprint density at radius 3 is 2.21 bits per heavy atom. The van der Waals surface area contributed by atoms with Gasteiger partial charge in [0.05, 0.1) is 6.10 Å². The summed E-state index contributed by atoms with van der Waals surface area (Å²) < 4.78 is 4.95. The first-order valence-corrected chi connectivity index (χ1v) is 4.62. The second-order valence-electron chi connectivity index (χ2n) is 4.36. The molecule has 4 nitrogen and oxygen atoms in total. The fraction of sp³-hybridized carbons (Fsp3) is 0.800. The molecule has 82 valence electrons. The number of ether oxygens (including phenoxy) is 1. The van der Waals surface area contributed by atoms with E-state index in [9.17, 15) is 9.59 Å². The smallest absolute Gasteiger partial charge is 0.313 e. The summed E-state index contributed by atoms with van der Waals surface area (Å²) in [6.45, 7) is 6.73. The van der Waals surface area contributed by atoms with Crippen molar-refractivity contribution in [2.75, 3.05) is 0 Å². The normalized spacial score (nSPS) is 13.5. The van der Waals surface area contributed by atoms with E-state index in [1.54, 1.807) is 20.8 Å². The Bertz CT molecular complexity index is 213. The predicted octanol–water partition coefficient (Wildman–Crippen LogP) is 1.06. The quantitative estimate of drug-likeness (QED) is 0.547. The third kappa shape index (κ3) is 7.73. The molecule has 0 saturated carbocycles. The van der Waals surface area contributed by atoms with E-state index in [2.05, 4.69) is 0 Å². The number of rotatable bonds is 4. The largest absolute Gasteiger partial charge is 0.460 e. The van der Waals surface area contributed by atoms with E-state index in [1.807, 2.05) is 0 Å². The number of esters is 1. The lowest BCUT2D eigenvalue weighted by molar-refractivity contribution is -0.156. The first kappa shape index (κ1) is 13.1. The molecule has 0 aliphatic carbocycles. The molecular weight excluding hydrogens is 184 g/mol. The van der Waals surface area contributed by atoms with Gasteiger partial charge in [-0.25, -0.2) is 0 Å². The Hall–Kier alpha value is -0.900. The highest BCUT2D eigenvalue weighted by Gasteiger charge is 2.19. The van der Waals surface area contributed by atoms with Crippen molar-refractivity contribution in [3.63, 3.8) is 0 Å². The summed E-state index contributed by atoms with van der Waals surface area (Å²) in [5.41, 5.74) is -0.567. The maximum atomic E-state index is 11.1. The summed E-state index contributed by atoms with van der Waals surface area (Å²) in [6.07, 6.45) is -0.966. The van der Waals surface area contributed by atoms with Crippen molar-refractivity contribution < 1.29 is 19.4 Å². The Morgan fingerprint density at radius 2 is 1.86 bits per heavy atom. The van der Waals surface area contributed by atoms with Gasteiger partial charge in [-0.2, -0.15) is 0 Å². The number of aliphatic hydroxyl groups is 1. The summed E-state index contributed by atoms with van der Waals surface area (Å²) in [5, 5.41) is 8.90. The van der Waals surface area contributed by atoms with Crippen molar-refractivity contribution in [1.29, 1.82) is 0 Å². The molecule has 0 amide bonds. The van der Waals surface area contributed by atoms with E-state index in [-0.39, 0.29) is 18.6 Å². The van der Waals surface area contributed by atoms with Crippen molar-refractivity contribution >= 4 is 11.8 Å². The van der Waals surface area contributed by atoms with Crippen LogP contribution in [0.4, 0.5) is 0 Å². The van der Waals surface area contributed by atoms with Gasteiger partial charge in [-0.05, 0) is 27.7 Å². The minimum atomic E-state index is -0.704. The monoisotopic (exact) mass is 202 g/mol. The fourth-order valence-corrected chi connectivity index (χ4v) is 0.940. The highest BCUT2D eigenvalue weighted by Crippen LogP contribution is 2.09. The van der Waals surface area contributed by atoms with Crippen LogP contribution in [0.15, 0.2) is 0 Å². The van der Waals surface area contributed by atoms with Gasteiger partial charge in [0.25, 0.3) is 0 Å². The topological polar surface area (TPSA) is 63.6 Å². The Labute approximate surface area is 84.3 Å². The van der Waals surface area contributed by atoms with E-state index in [0.29, 0.717) is 0 Å². The summed E-state index contributed by atoms with van der Waals surface area (Å²) in [5.74, 6) is -0.836. The van der Waals surface area contributed by atoms with Crippen LogP contribution in [0.5, 0.6) is 0 Å². The molecule has 0 fully saturated rings. The van der Waals surface area contributed by atoms with Gasteiger partial charge in [0, 0.05) is 6.42 Å². The molecule has 1 atom stereocenters. The third-order valence-corrected chi connectivity index (χ3v) is 1.28. The maximum Gasteiger partial charge on any atom is 0.313 e. The number of Topliss-reactive ketones (excluding diaryl/α,β-unsaturated/α-hetero) is 1. The van der Waals surface area contributed by atoms with Crippen LogP contribution in [0.1, 0.15) is 40.5 Å². The van der Waals surface area contributed by atoms with Crippen LogP contribution in [0.2, 0.25) is 0 Å². The highest BCUT2D eigenvalue weighted by molar-refractivity contribution is 5.95. The van der Waals surface area contributed by atoms with E-state index in [4.69, 9.17) is 9.84 Å². The summed E-state index contributed by atoms with van der Waals surface area (Å²) in [7, 11) is 0. The molecule has 0 aliphatic heterocycles. The second kappa shape index (κ2) is 5.10. The third-order valence-electron chi connectivity index (χ3n) is 1.28. The lowest BCUT2D eigenvalue weighted by Gasteiger charge is -2.19. The van der Waals surface area contributed by atoms with Crippen molar-refractivity contribution in [2.45, 2.75) is 52.2 Å². The van der Waals surface area contributed by atoms with Gasteiger partial charge < -0.3 is 9.84 Å². The summed E-state index contributed by atoms with van der Waals surface area (Å²) in [4.78, 5) is 22.2. The van der Waals surface area contributed by atoms with Crippen LogP contribution in [-0.4, -0.2) is 28.6 Å². The van der Waals surface area contributed by atoms with Gasteiger partial charge in [-0.1, -0.05) is 0 Å². The number of ketones is 1. The molecule has 0 aromatic rings. The zero-order valence-corrected chi connectivity index (χ0v) is 9.16. The van der Waals surface area contributed by atoms with Crippen LogP contribution in [-0.2, 0) is 14.3 Å². The lowest BCUT2D eigenvalue weighted by Crippen LogP contribution is -2.26. The summed E-state index contributed by atoms with van der Waals surface area (Å²) in [6, 6.07) is 0. The lowest BCUT2D eigenvalue weighted by atomic mass is 10.1. The molecule has 0 rings (SSSR count). The van der Waals surface area contributed by atoms with Crippen molar-refractivity contribution in [1.82, 2.24) is 0 Å². The number of hydrogen-bond donors (Lipinski definition) is 1. The maximum absolute atomic E-state index is 11.1. The molecule has 0 unspecified atom stereocenters. The molecule has 0 heterocycles. The van der Waals surface area contributed by atoms with Crippen LogP contribution in [0.25, 0.3) is 0 Å². The van der Waals surface area contributed by atoms with Gasteiger partial charge >= 0.3 is 5.97 Å². The standard InChI is InChI=1S/C10H18O4/c1-7(11)5-8(12)6-9(13)14-10(2,3)4/h7,11H,5-6H2,1-4H3/t7-/m1/s1. The number of carbonyl (C=O) groups excluding carboxylic acids is 2. The molecule has 0 aliphatic rings. The van der Waals surface area contributed by atoms with Gasteiger partial charge in [0.15, 0.2) is 0 Å². The van der Waals surface area contributed by atoms with Crippen LogP contribution >= 0.6 is 0 Å². The summed E-state index contributed by atoms with van der Waals surface area (Å²) >= 11 is 0. The first-order chi connectivity index (χ1) is 6.20. The highest BCUT2D eigenvalue weighted by atomic mass is 16.6. The van der Waals surface area contributed by atoms with Crippen LogP contribution in [0.3, 0.4) is 0 Å². The second-order valence-corrected chi connectivity index (χ2v) is 4.36. The Morgan fingerprint density at radius 1 is 1.36 bits per heavy atom. The molecule has 1 N–H and O–H groups in total. The van der Waals surface area contributed by atoms with Crippen molar-refractivity contribution in [3.8, 4) is 0 Å². The van der Waals surface area contributed by atoms with E-state index in [1.165, 1.54) is 6.92 Å². The average molecular weight is 202 g/mol. The van der Waals surface area contributed by atoms with Crippen LogP contribution < -0.4 is 0 Å². The number of aliphatic hydroxyl groups excluding tert-OH is 1. The molecule has 0 radical (unpaired) electrons. The molecule has 0 bridgehead atoms. The molecule has 0 saturated heterocycles. The first-order valence-electron chi connectivity index (χ1n) is 4.62. The Balaban J connectivity index is 3.90. The number of hydrogen-bond acceptors (Lipinski definition) is 4. The number of carbonyl (C=O) groups is 2. The Kier molecular flexibility index (Phi) is 4.77. The van der Waals surface area contributed by atoms with Crippen LogP contribution in [0, 0.1) is 0 Å². The van der Waals surface area contributed by atoms with E-state index < -0.39 is 17.7 Å². The van der Waals surface area contributed by atoms with Gasteiger partial charge in [-0.15, -0.1) is 0 Å². The van der Waals surface area contributed by atoms with E-state index in [0.717, 1.165) is 0 Å². The molecule has 14 heavy (non-hydrogen) atoms. The molecule has 4 heteroatoms. The zero-order valence-electron chi connectivity index (χ0n) is 9.16. The van der Waals surface area contributed by atoms with Crippen molar-refractivity contribution in [2.24, 2.45) is 0 Å². The molecule has 0 aromatic heterocycles. The molecule has 0 spiro atoms. The SMILES string of the molecule is C[C@@H](O)CC(=O)CC(=O)OC(C)(C)C. The van der Waals surface area contributed by atoms with Crippen molar-refractivity contribution in [3.05, 3.63) is 0 Å². The molecule has 0 aromatic carbocycles. The molecular formula is C10H18O4. The van der Waals surface area contributed by atoms with Gasteiger partial charge in [0.1, 0.15) is 17.8 Å².